The Balaban J connectivity index is 1.93. The van der Waals surface area contributed by atoms with Gasteiger partial charge in [0.05, 0.1) is 0 Å². The van der Waals surface area contributed by atoms with Crippen LogP contribution in [0.25, 0.3) is 10.9 Å². The van der Waals surface area contributed by atoms with E-state index < -0.39 is 0 Å². The Kier molecular flexibility index (Phi) is 4.38. The van der Waals surface area contributed by atoms with Crippen LogP contribution in [0.5, 0.6) is 0 Å². The van der Waals surface area contributed by atoms with Gasteiger partial charge in [-0.05, 0) is 43.3 Å². The highest BCUT2D eigenvalue weighted by molar-refractivity contribution is 5.81. The van der Waals surface area contributed by atoms with Gasteiger partial charge in [0.15, 0.2) is 0 Å². The van der Waals surface area contributed by atoms with Gasteiger partial charge >= 0.3 is 0 Å². The van der Waals surface area contributed by atoms with E-state index in [1.165, 1.54) is 36.0 Å². The predicted octanol–water partition coefficient (Wildman–Crippen LogP) is 3.14. The molecule has 20 heavy (non-hydrogen) atoms. The maximum atomic E-state index is 5.21. The Labute approximate surface area is 120 Å². The van der Waals surface area contributed by atoms with Crippen molar-refractivity contribution in [3.8, 4) is 0 Å². The van der Waals surface area contributed by atoms with Crippen LogP contribution in [-0.4, -0.2) is 31.4 Å². The highest BCUT2D eigenvalue weighted by atomic mass is 16.5. The lowest BCUT2D eigenvalue weighted by molar-refractivity contribution is 0.190. The minimum Gasteiger partial charge on any atom is -0.385 e. The number of nitrogens with zero attached hydrogens (tertiary/aromatic N) is 1. The fourth-order valence-corrected chi connectivity index (χ4v) is 3.29. The zero-order chi connectivity index (χ0) is 13.8. The van der Waals surface area contributed by atoms with Gasteiger partial charge in [0.25, 0.3) is 0 Å². The number of aryl methyl sites for hydroxylation is 1. The molecule has 0 bridgehead atoms. The van der Waals surface area contributed by atoms with Crippen LogP contribution in [0.2, 0.25) is 0 Å². The van der Waals surface area contributed by atoms with Crippen molar-refractivity contribution in [1.29, 1.82) is 0 Å². The molecule has 1 aliphatic heterocycles. The van der Waals surface area contributed by atoms with E-state index in [4.69, 9.17) is 4.74 Å². The summed E-state index contributed by atoms with van der Waals surface area (Å²) in [6.07, 6.45) is 3.65. The van der Waals surface area contributed by atoms with Gasteiger partial charge in [-0.3, -0.25) is 0 Å². The minimum atomic E-state index is 0.652. The van der Waals surface area contributed by atoms with Crippen molar-refractivity contribution in [2.45, 2.75) is 31.7 Å². The Bertz CT molecular complexity index is 555. The van der Waals surface area contributed by atoms with E-state index in [0.717, 1.165) is 26.1 Å². The van der Waals surface area contributed by atoms with Gasteiger partial charge < -0.3 is 14.6 Å². The van der Waals surface area contributed by atoms with Crippen molar-refractivity contribution < 1.29 is 4.74 Å². The zero-order valence-corrected chi connectivity index (χ0v) is 12.3. The molecule has 1 N–H and O–H groups in total. The highest BCUT2D eigenvalue weighted by Crippen LogP contribution is 2.29. The maximum absolute atomic E-state index is 5.21. The van der Waals surface area contributed by atoms with Crippen LogP contribution in [0.3, 0.4) is 0 Å². The van der Waals surface area contributed by atoms with Crippen molar-refractivity contribution in [3.05, 3.63) is 36.0 Å². The van der Waals surface area contributed by atoms with Crippen molar-refractivity contribution in [2.75, 3.05) is 26.8 Å². The number of hydrogen-bond acceptors (Lipinski definition) is 2. The van der Waals surface area contributed by atoms with Crippen molar-refractivity contribution in [3.63, 3.8) is 0 Å². The molecule has 1 aromatic carbocycles. The molecule has 0 radical (unpaired) electrons. The van der Waals surface area contributed by atoms with E-state index in [-0.39, 0.29) is 0 Å². The van der Waals surface area contributed by atoms with Gasteiger partial charge in [-0.2, -0.15) is 0 Å². The van der Waals surface area contributed by atoms with Crippen LogP contribution < -0.4 is 5.32 Å². The SMILES string of the molecule is COCCCn1c(C2CCCNC2)cc2ccccc21. The molecule has 3 rings (SSSR count). The average molecular weight is 272 g/mol. The van der Waals surface area contributed by atoms with E-state index >= 15 is 0 Å². The quantitative estimate of drug-likeness (QED) is 0.846. The Hall–Kier alpha value is -1.32. The minimum absolute atomic E-state index is 0.652. The Morgan fingerprint density at radius 3 is 3.05 bits per heavy atom. The lowest BCUT2D eigenvalue weighted by Crippen LogP contribution is -2.29. The van der Waals surface area contributed by atoms with Gasteiger partial charge in [0.1, 0.15) is 0 Å². The maximum Gasteiger partial charge on any atom is 0.0482 e. The molecule has 0 amide bonds. The standard InChI is InChI=1S/C17H24N2O/c1-20-11-5-10-19-16-8-3-2-6-14(16)12-17(19)15-7-4-9-18-13-15/h2-3,6,8,12,15,18H,4-5,7,9-11,13H2,1H3. The lowest BCUT2D eigenvalue weighted by atomic mass is 9.96. The number of benzene rings is 1. The molecule has 3 nitrogen and oxygen atoms in total. The number of para-hydroxylation sites is 1. The molecule has 1 aromatic heterocycles. The van der Waals surface area contributed by atoms with Crippen molar-refractivity contribution in [2.24, 2.45) is 0 Å². The highest BCUT2D eigenvalue weighted by Gasteiger charge is 2.20. The number of nitrogens with one attached hydrogen (secondary N) is 1. The summed E-state index contributed by atoms with van der Waals surface area (Å²) < 4.78 is 7.72. The van der Waals surface area contributed by atoms with Crippen LogP contribution in [0, 0.1) is 0 Å². The number of hydrogen-bond donors (Lipinski definition) is 1. The van der Waals surface area contributed by atoms with Crippen LogP contribution in [-0.2, 0) is 11.3 Å². The predicted molar refractivity (Wildman–Crippen MR) is 83.3 cm³/mol. The fourth-order valence-electron chi connectivity index (χ4n) is 3.29. The summed E-state index contributed by atoms with van der Waals surface area (Å²) in [5, 5.41) is 4.90. The van der Waals surface area contributed by atoms with Crippen LogP contribution in [0.4, 0.5) is 0 Å². The fraction of sp³-hybridized carbons (Fsp3) is 0.529. The van der Waals surface area contributed by atoms with E-state index in [0.29, 0.717) is 5.92 Å². The van der Waals surface area contributed by atoms with Gasteiger partial charge in [-0.15, -0.1) is 0 Å². The summed E-state index contributed by atoms with van der Waals surface area (Å²) in [6.45, 7) is 4.16. The average Bonchev–Trinajstić information content (AvgIpc) is 2.87. The molecule has 1 unspecified atom stereocenters. The first-order valence-corrected chi connectivity index (χ1v) is 7.68. The molecule has 1 aliphatic rings. The molecular formula is C17H24N2O. The second-order valence-electron chi connectivity index (χ2n) is 5.67. The topological polar surface area (TPSA) is 26.2 Å². The third kappa shape index (κ3) is 2.74. The smallest absolute Gasteiger partial charge is 0.0482 e. The monoisotopic (exact) mass is 272 g/mol. The molecule has 0 spiro atoms. The summed E-state index contributed by atoms with van der Waals surface area (Å²) in [6, 6.07) is 11.1. The molecule has 3 heteroatoms. The largest absolute Gasteiger partial charge is 0.385 e. The van der Waals surface area contributed by atoms with Crippen molar-refractivity contribution in [1.82, 2.24) is 9.88 Å². The molecule has 2 heterocycles. The molecule has 0 saturated carbocycles. The van der Waals surface area contributed by atoms with Gasteiger partial charge in [-0.25, -0.2) is 0 Å². The summed E-state index contributed by atoms with van der Waals surface area (Å²) >= 11 is 0. The van der Waals surface area contributed by atoms with Crippen LogP contribution >= 0.6 is 0 Å². The van der Waals surface area contributed by atoms with Gasteiger partial charge in [0, 0.05) is 43.9 Å². The number of piperidine rings is 1. The summed E-state index contributed by atoms with van der Waals surface area (Å²) in [5.74, 6) is 0.652. The lowest BCUT2D eigenvalue weighted by Gasteiger charge is -2.24. The molecule has 0 aliphatic carbocycles. The first kappa shape index (κ1) is 13.7. The Morgan fingerprint density at radius 1 is 1.35 bits per heavy atom. The van der Waals surface area contributed by atoms with Crippen molar-refractivity contribution >= 4 is 10.9 Å². The molecule has 108 valence electrons. The number of fused-ring (bicyclic) bond motifs is 1. The van der Waals surface area contributed by atoms with Gasteiger partial charge in [0.2, 0.25) is 0 Å². The third-order valence-electron chi connectivity index (χ3n) is 4.29. The summed E-state index contributed by atoms with van der Waals surface area (Å²) in [5.41, 5.74) is 2.86. The normalized spacial score (nSPS) is 19.6. The number of methoxy groups -OCH3 is 1. The van der Waals surface area contributed by atoms with E-state index in [9.17, 15) is 0 Å². The van der Waals surface area contributed by atoms with E-state index in [1.807, 2.05) is 0 Å². The van der Waals surface area contributed by atoms with E-state index in [2.05, 4.69) is 40.2 Å². The van der Waals surface area contributed by atoms with Crippen LogP contribution in [0.1, 0.15) is 30.9 Å². The first-order chi connectivity index (χ1) is 9.90. The third-order valence-corrected chi connectivity index (χ3v) is 4.29. The van der Waals surface area contributed by atoms with Gasteiger partial charge in [-0.1, -0.05) is 18.2 Å². The number of aromatic nitrogens is 1. The second-order valence-corrected chi connectivity index (χ2v) is 5.67. The molecule has 1 saturated heterocycles. The molecule has 1 fully saturated rings. The summed E-state index contributed by atoms with van der Waals surface area (Å²) in [7, 11) is 1.78. The summed E-state index contributed by atoms with van der Waals surface area (Å²) in [4.78, 5) is 0. The molecular weight excluding hydrogens is 248 g/mol. The molecule has 2 aromatic rings. The van der Waals surface area contributed by atoms with Crippen LogP contribution in [0.15, 0.2) is 30.3 Å². The number of ether oxygens (including phenoxy) is 1. The first-order valence-electron chi connectivity index (χ1n) is 7.68. The Morgan fingerprint density at radius 2 is 2.25 bits per heavy atom. The second kappa shape index (κ2) is 6.42. The van der Waals surface area contributed by atoms with E-state index in [1.54, 1.807) is 7.11 Å². The number of rotatable bonds is 5. The zero-order valence-electron chi connectivity index (χ0n) is 12.3. The molecule has 1 atom stereocenters.